The van der Waals surface area contributed by atoms with Gasteiger partial charge in [-0.2, -0.15) is 8.42 Å². The molecule has 140 valence electrons. The Hall–Kier alpha value is -0.130. The number of aliphatic hydroxyl groups is 1. The van der Waals surface area contributed by atoms with E-state index in [4.69, 9.17) is 0 Å². The van der Waals surface area contributed by atoms with Crippen LogP contribution in [0.2, 0.25) is 0 Å². The third-order valence-electron chi connectivity index (χ3n) is 4.51. The van der Waals surface area contributed by atoms with E-state index in [1.165, 1.54) is 38.5 Å². The van der Waals surface area contributed by atoms with Gasteiger partial charge in [-0.25, -0.2) is 0 Å². The van der Waals surface area contributed by atoms with Crippen molar-refractivity contribution in [3.8, 4) is 0 Å². The maximum Gasteiger partial charge on any atom is 0.270 e. The largest absolute Gasteiger partial charge is 0.392 e. The number of rotatable bonds is 16. The average molecular weight is 351 g/mol. The molecule has 0 amide bonds. The number of aliphatic hydroxyl groups excluding tert-OH is 1. The molecule has 0 bridgehead atoms. The zero-order valence-electron chi connectivity index (χ0n) is 15.2. The highest BCUT2D eigenvalue weighted by Crippen LogP contribution is 2.19. The summed E-state index contributed by atoms with van der Waals surface area (Å²) in [6.45, 7) is 4.26. The fourth-order valence-corrected chi connectivity index (χ4v) is 3.98. The molecule has 5 heteroatoms. The summed E-state index contributed by atoms with van der Waals surface area (Å²) in [7, 11) is -4.15. The van der Waals surface area contributed by atoms with E-state index in [0.29, 0.717) is 12.8 Å². The van der Waals surface area contributed by atoms with Gasteiger partial charge >= 0.3 is 0 Å². The van der Waals surface area contributed by atoms with Crippen LogP contribution in [0.4, 0.5) is 0 Å². The van der Waals surface area contributed by atoms with Crippen molar-refractivity contribution in [1.82, 2.24) is 0 Å². The summed E-state index contributed by atoms with van der Waals surface area (Å²) in [5.74, 6) is 0. The van der Waals surface area contributed by atoms with Gasteiger partial charge in [0.25, 0.3) is 10.1 Å². The summed E-state index contributed by atoms with van der Waals surface area (Å²) in [5.41, 5.74) is 0. The monoisotopic (exact) mass is 350 g/mol. The van der Waals surface area contributed by atoms with E-state index in [0.717, 1.165) is 38.5 Å². The lowest BCUT2D eigenvalue weighted by atomic mass is 10.0. The minimum atomic E-state index is -4.15. The van der Waals surface area contributed by atoms with E-state index < -0.39 is 21.5 Å². The summed E-state index contributed by atoms with van der Waals surface area (Å²) in [6, 6.07) is 0. The lowest BCUT2D eigenvalue weighted by molar-refractivity contribution is 0.146. The highest BCUT2D eigenvalue weighted by Gasteiger charge is 2.29. The molecule has 0 aromatic heterocycles. The molecule has 0 aliphatic carbocycles. The van der Waals surface area contributed by atoms with Crippen LogP contribution in [-0.2, 0) is 10.1 Å². The van der Waals surface area contributed by atoms with Crippen LogP contribution in [0.15, 0.2) is 0 Å². The summed E-state index contributed by atoms with van der Waals surface area (Å²) in [6.07, 6.45) is 13.2. The van der Waals surface area contributed by atoms with Gasteiger partial charge in [0.15, 0.2) is 0 Å². The minimum Gasteiger partial charge on any atom is -0.392 e. The molecule has 0 rings (SSSR count). The molecular weight excluding hydrogens is 312 g/mol. The van der Waals surface area contributed by atoms with E-state index in [9.17, 15) is 18.1 Å². The first-order valence-corrected chi connectivity index (χ1v) is 11.1. The topological polar surface area (TPSA) is 74.6 Å². The Labute approximate surface area is 143 Å². The number of hydrogen-bond acceptors (Lipinski definition) is 3. The lowest BCUT2D eigenvalue weighted by Gasteiger charge is -2.20. The quantitative estimate of drug-likeness (QED) is 0.300. The second kappa shape index (κ2) is 14.2. The van der Waals surface area contributed by atoms with E-state index in [-0.39, 0.29) is 0 Å². The first-order valence-electron chi connectivity index (χ1n) is 9.57. The van der Waals surface area contributed by atoms with E-state index in [1.54, 1.807) is 0 Å². The molecule has 2 unspecified atom stereocenters. The highest BCUT2D eigenvalue weighted by atomic mass is 32.2. The van der Waals surface area contributed by atoms with Gasteiger partial charge in [-0.1, -0.05) is 90.9 Å². The summed E-state index contributed by atoms with van der Waals surface area (Å²) >= 11 is 0. The van der Waals surface area contributed by atoms with Gasteiger partial charge in [-0.05, 0) is 12.8 Å². The number of hydrogen-bond donors (Lipinski definition) is 2. The predicted molar refractivity (Wildman–Crippen MR) is 97.3 cm³/mol. The van der Waals surface area contributed by atoms with Crippen molar-refractivity contribution < 1.29 is 18.1 Å². The molecule has 23 heavy (non-hydrogen) atoms. The maximum atomic E-state index is 11.4. The molecule has 0 aromatic rings. The van der Waals surface area contributed by atoms with Gasteiger partial charge in [-0.15, -0.1) is 0 Å². The SMILES string of the molecule is CCCCCCCCCCCC(O)C(CCCCC)S(=O)(=O)O. The van der Waals surface area contributed by atoms with Crippen LogP contribution in [0.5, 0.6) is 0 Å². The first-order chi connectivity index (χ1) is 10.9. The van der Waals surface area contributed by atoms with Gasteiger partial charge in [0.1, 0.15) is 5.25 Å². The standard InChI is InChI=1S/C18H38O4S/c1-3-5-7-8-9-10-11-12-14-15-17(19)18(23(20,21)22)16-13-6-4-2/h17-19H,3-16H2,1-2H3,(H,20,21,22). The third kappa shape index (κ3) is 12.9. The molecule has 0 heterocycles. The molecular formula is C18H38O4S. The Bertz CT molecular complexity index is 354. The fraction of sp³-hybridized carbons (Fsp3) is 1.00. The van der Waals surface area contributed by atoms with Gasteiger partial charge in [-0.3, -0.25) is 4.55 Å². The maximum absolute atomic E-state index is 11.4. The lowest BCUT2D eigenvalue weighted by Crippen LogP contribution is -2.33. The molecule has 0 saturated carbocycles. The molecule has 0 aromatic carbocycles. The first kappa shape index (κ1) is 22.9. The summed E-state index contributed by atoms with van der Waals surface area (Å²) in [5, 5.41) is 9.09. The third-order valence-corrected chi connectivity index (χ3v) is 5.82. The Morgan fingerprint density at radius 3 is 1.57 bits per heavy atom. The second-order valence-electron chi connectivity index (χ2n) is 6.73. The van der Waals surface area contributed by atoms with Crippen LogP contribution >= 0.6 is 0 Å². The molecule has 0 aliphatic heterocycles. The Morgan fingerprint density at radius 1 is 0.696 bits per heavy atom. The van der Waals surface area contributed by atoms with Crippen molar-refractivity contribution in [2.45, 2.75) is 115 Å². The molecule has 2 N–H and O–H groups in total. The van der Waals surface area contributed by atoms with Crippen molar-refractivity contribution in [3.63, 3.8) is 0 Å². The van der Waals surface area contributed by atoms with Crippen molar-refractivity contribution in [1.29, 1.82) is 0 Å². The summed E-state index contributed by atoms with van der Waals surface area (Å²) in [4.78, 5) is 0. The van der Waals surface area contributed by atoms with Gasteiger partial charge in [0.2, 0.25) is 0 Å². The molecule has 0 saturated heterocycles. The van der Waals surface area contributed by atoms with Crippen LogP contribution in [0, 0.1) is 0 Å². The highest BCUT2D eigenvalue weighted by molar-refractivity contribution is 7.86. The smallest absolute Gasteiger partial charge is 0.270 e. The van der Waals surface area contributed by atoms with Crippen LogP contribution < -0.4 is 0 Å². The number of unbranched alkanes of at least 4 members (excludes halogenated alkanes) is 10. The Morgan fingerprint density at radius 2 is 1.09 bits per heavy atom. The minimum absolute atomic E-state index is 0.352. The Kier molecular flexibility index (Phi) is 14.2. The van der Waals surface area contributed by atoms with Crippen LogP contribution in [0.3, 0.4) is 0 Å². The van der Waals surface area contributed by atoms with E-state index in [2.05, 4.69) is 6.92 Å². The molecule has 2 atom stereocenters. The summed E-state index contributed by atoms with van der Waals surface area (Å²) < 4.78 is 32.1. The van der Waals surface area contributed by atoms with Gasteiger partial charge in [0, 0.05) is 0 Å². The molecule has 0 aliphatic rings. The molecule has 0 fully saturated rings. The van der Waals surface area contributed by atoms with Crippen LogP contribution in [0.1, 0.15) is 104 Å². The van der Waals surface area contributed by atoms with Crippen molar-refractivity contribution in [2.75, 3.05) is 0 Å². The van der Waals surface area contributed by atoms with Crippen molar-refractivity contribution in [3.05, 3.63) is 0 Å². The zero-order chi connectivity index (χ0) is 17.6. The predicted octanol–water partition coefficient (Wildman–Crippen LogP) is 5.10. The molecule has 0 spiro atoms. The average Bonchev–Trinajstić information content (AvgIpc) is 2.48. The van der Waals surface area contributed by atoms with Crippen molar-refractivity contribution >= 4 is 10.1 Å². The molecule has 0 radical (unpaired) electrons. The molecule has 4 nitrogen and oxygen atoms in total. The van der Waals surface area contributed by atoms with Crippen molar-refractivity contribution in [2.24, 2.45) is 0 Å². The van der Waals surface area contributed by atoms with E-state index in [1.807, 2.05) is 6.92 Å². The fourth-order valence-electron chi connectivity index (χ4n) is 2.99. The van der Waals surface area contributed by atoms with Gasteiger partial charge in [0.05, 0.1) is 6.10 Å². The van der Waals surface area contributed by atoms with E-state index >= 15 is 0 Å². The van der Waals surface area contributed by atoms with Gasteiger partial charge < -0.3 is 5.11 Å². The normalized spacial score (nSPS) is 14.8. The zero-order valence-corrected chi connectivity index (χ0v) is 16.0. The van der Waals surface area contributed by atoms with Crippen LogP contribution in [0.25, 0.3) is 0 Å². The van der Waals surface area contributed by atoms with Crippen LogP contribution in [-0.4, -0.2) is 29.4 Å². The Balaban J connectivity index is 3.84. The second-order valence-corrected chi connectivity index (χ2v) is 8.37.